The van der Waals surface area contributed by atoms with E-state index in [9.17, 15) is 9.59 Å². The normalized spacial score (nSPS) is 13.9. The van der Waals surface area contributed by atoms with Crippen molar-refractivity contribution in [3.8, 4) is 0 Å². The number of rotatable bonds is 2. The van der Waals surface area contributed by atoms with Crippen molar-refractivity contribution < 1.29 is 14.3 Å². The van der Waals surface area contributed by atoms with Crippen LogP contribution in [0.4, 0.5) is 21.0 Å². The van der Waals surface area contributed by atoms with Gasteiger partial charge in [0, 0.05) is 12.2 Å². The Labute approximate surface area is 97.3 Å². The first-order valence-electron chi connectivity index (χ1n) is 5.14. The third-order valence-electron chi connectivity index (χ3n) is 2.18. The van der Waals surface area contributed by atoms with Crippen molar-refractivity contribution in [3.05, 3.63) is 18.5 Å². The number of hydrogen-bond donors (Lipinski definition) is 3. The molecule has 1 aliphatic carbocycles. The molecule has 1 heterocycles. The summed E-state index contributed by atoms with van der Waals surface area (Å²) in [5, 5.41) is 4.84. The number of nitrogens with two attached hydrogens (primary N) is 1. The highest BCUT2D eigenvalue weighted by Crippen LogP contribution is 2.19. The Bertz CT molecular complexity index is 445. The van der Waals surface area contributed by atoms with E-state index in [0.717, 1.165) is 12.8 Å². The Kier molecular flexibility index (Phi) is 3.08. The standard InChI is InChI=1S/C10H12N4O3/c11-7-3-4-12-5-8(7)14-10(16)17-9(15)13-6-1-2-6/h3-6H,1-2H2,(H2,11,12)(H,13,15)(H,14,16). The van der Waals surface area contributed by atoms with E-state index < -0.39 is 12.2 Å². The van der Waals surface area contributed by atoms with Gasteiger partial charge in [-0.3, -0.25) is 10.3 Å². The number of carbonyl (C=O) groups excluding carboxylic acids is 2. The van der Waals surface area contributed by atoms with Gasteiger partial charge in [-0.25, -0.2) is 9.59 Å². The minimum absolute atomic E-state index is 0.138. The second-order valence-corrected chi connectivity index (χ2v) is 3.68. The molecule has 90 valence electrons. The largest absolute Gasteiger partial charge is 0.420 e. The molecule has 1 aliphatic rings. The lowest BCUT2D eigenvalue weighted by Crippen LogP contribution is -2.30. The monoisotopic (exact) mass is 236 g/mol. The van der Waals surface area contributed by atoms with Gasteiger partial charge in [0.2, 0.25) is 0 Å². The first-order chi connectivity index (χ1) is 8.15. The van der Waals surface area contributed by atoms with Crippen LogP contribution in [0.25, 0.3) is 0 Å². The summed E-state index contributed by atoms with van der Waals surface area (Å²) in [6.45, 7) is 0. The fourth-order valence-corrected chi connectivity index (χ4v) is 1.15. The second kappa shape index (κ2) is 4.69. The smallest absolute Gasteiger partial charge is 0.397 e. The summed E-state index contributed by atoms with van der Waals surface area (Å²) in [5.74, 6) is 0. The van der Waals surface area contributed by atoms with Gasteiger partial charge < -0.3 is 15.8 Å². The van der Waals surface area contributed by atoms with Gasteiger partial charge in [0.1, 0.15) is 0 Å². The number of carbonyl (C=O) groups is 2. The first kappa shape index (κ1) is 11.2. The van der Waals surface area contributed by atoms with Gasteiger partial charge in [0.15, 0.2) is 0 Å². The average molecular weight is 236 g/mol. The van der Waals surface area contributed by atoms with Crippen LogP contribution in [-0.2, 0) is 4.74 Å². The fourth-order valence-electron chi connectivity index (χ4n) is 1.15. The minimum atomic E-state index is -0.886. The van der Waals surface area contributed by atoms with Gasteiger partial charge in [0.25, 0.3) is 0 Å². The summed E-state index contributed by atoms with van der Waals surface area (Å²) in [7, 11) is 0. The highest BCUT2D eigenvalue weighted by atomic mass is 16.6. The average Bonchev–Trinajstić information content (AvgIpc) is 3.05. The lowest BCUT2D eigenvalue weighted by Gasteiger charge is -2.07. The van der Waals surface area contributed by atoms with E-state index in [-0.39, 0.29) is 6.04 Å². The van der Waals surface area contributed by atoms with Crippen LogP contribution in [0.2, 0.25) is 0 Å². The Morgan fingerprint density at radius 1 is 1.41 bits per heavy atom. The zero-order valence-corrected chi connectivity index (χ0v) is 8.97. The lowest BCUT2D eigenvalue weighted by molar-refractivity contribution is 0.159. The van der Waals surface area contributed by atoms with Crippen molar-refractivity contribution in [2.45, 2.75) is 18.9 Å². The van der Waals surface area contributed by atoms with Gasteiger partial charge in [-0.1, -0.05) is 0 Å². The number of ether oxygens (including phenoxy) is 1. The zero-order valence-electron chi connectivity index (χ0n) is 8.97. The van der Waals surface area contributed by atoms with Crippen molar-refractivity contribution in [1.82, 2.24) is 10.3 Å². The van der Waals surface area contributed by atoms with Crippen LogP contribution in [0.3, 0.4) is 0 Å². The molecule has 7 nitrogen and oxygen atoms in total. The Hall–Kier alpha value is -2.31. The lowest BCUT2D eigenvalue weighted by atomic mass is 10.3. The topological polar surface area (TPSA) is 106 Å². The molecule has 0 atom stereocenters. The van der Waals surface area contributed by atoms with Crippen LogP contribution >= 0.6 is 0 Å². The number of anilines is 2. The van der Waals surface area contributed by atoms with Gasteiger partial charge in [-0.05, 0) is 18.9 Å². The van der Waals surface area contributed by atoms with Crippen LogP contribution < -0.4 is 16.4 Å². The van der Waals surface area contributed by atoms with Crippen molar-refractivity contribution in [2.75, 3.05) is 11.1 Å². The van der Waals surface area contributed by atoms with Crippen molar-refractivity contribution in [1.29, 1.82) is 0 Å². The van der Waals surface area contributed by atoms with Crippen LogP contribution in [0, 0.1) is 0 Å². The molecule has 0 radical (unpaired) electrons. The molecule has 0 saturated heterocycles. The number of nitrogens with one attached hydrogen (secondary N) is 2. The fraction of sp³-hybridized carbons (Fsp3) is 0.300. The molecular weight excluding hydrogens is 224 g/mol. The highest BCUT2D eigenvalue weighted by molar-refractivity contribution is 5.94. The number of nitrogens with zero attached hydrogens (tertiary/aromatic N) is 1. The molecular formula is C10H12N4O3. The molecule has 0 spiro atoms. The molecule has 2 rings (SSSR count). The van der Waals surface area contributed by atoms with Crippen molar-refractivity contribution >= 4 is 23.6 Å². The molecule has 0 bridgehead atoms. The van der Waals surface area contributed by atoms with Crippen LogP contribution in [-0.4, -0.2) is 23.2 Å². The Morgan fingerprint density at radius 3 is 2.82 bits per heavy atom. The molecule has 0 unspecified atom stereocenters. The molecule has 1 aromatic heterocycles. The number of alkyl carbamates (subject to hydrolysis) is 1. The molecule has 1 fully saturated rings. The van der Waals surface area contributed by atoms with Gasteiger partial charge >= 0.3 is 12.2 Å². The molecule has 1 saturated carbocycles. The summed E-state index contributed by atoms with van der Waals surface area (Å²) in [6, 6.07) is 1.67. The predicted molar refractivity (Wildman–Crippen MR) is 60.3 cm³/mol. The van der Waals surface area contributed by atoms with E-state index in [4.69, 9.17) is 5.73 Å². The number of hydrogen-bond acceptors (Lipinski definition) is 5. The molecule has 1 aromatic rings. The second-order valence-electron chi connectivity index (χ2n) is 3.68. The summed E-state index contributed by atoms with van der Waals surface area (Å²) in [5.41, 5.74) is 6.23. The van der Waals surface area contributed by atoms with Crippen LogP contribution in [0.1, 0.15) is 12.8 Å². The maximum absolute atomic E-state index is 11.3. The summed E-state index contributed by atoms with van der Waals surface area (Å²) >= 11 is 0. The van der Waals surface area contributed by atoms with Gasteiger partial charge in [-0.2, -0.15) is 0 Å². The summed E-state index contributed by atoms with van der Waals surface area (Å²) in [6.07, 6.45) is 3.06. The molecule has 7 heteroatoms. The maximum Gasteiger partial charge on any atom is 0.420 e. The van der Waals surface area contributed by atoms with E-state index in [0.29, 0.717) is 11.4 Å². The van der Waals surface area contributed by atoms with E-state index in [1.165, 1.54) is 18.5 Å². The third-order valence-corrected chi connectivity index (χ3v) is 2.18. The van der Waals surface area contributed by atoms with E-state index in [1.54, 1.807) is 0 Å². The van der Waals surface area contributed by atoms with E-state index in [1.807, 2.05) is 0 Å². The SMILES string of the molecule is Nc1ccncc1NC(=O)OC(=O)NC1CC1. The molecule has 2 amide bonds. The molecule has 17 heavy (non-hydrogen) atoms. The first-order valence-corrected chi connectivity index (χ1v) is 5.14. The summed E-state index contributed by atoms with van der Waals surface area (Å²) in [4.78, 5) is 26.2. The van der Waals surface area contributed by atoms with Gasteiger partial charge in [0.05, 0.1) is 17.6 Å². The van der Waals surface area contributed by atoms with Crippen LogP contribution in [0.15, 0.2) is 18.5 Å². The number of aromatic nitrogens is 1. The quantitative estimate of drug-likeness (QED) is 0.666. The van der Waals surface area contributed by atoms with Crippen molar-refractivity contribution in [3.63, 3.8) is 0 Å². The minimum Gasteiger partial charge on any atom is -0.397 e. The Balaban J connectivity index is 1.84. The highest BCUT2D eigenvalue weighted by Gasteiger charge is 2.25. The van der Waals surface area contributed by atoms with Crippen LogP contribution in [0.5, 0.6) is 0 Å². The van der Waals surface area contributed by atoms with Crippen molar-refractivity contribution in [2.24, 2.45) is 0 Å². The van der Waals surface area contributed by atoms with E-state index in [2.05, 4.69) is 20.4 Å². The number of nitrogen functional groups attached to an aromatic ring is 1. The number of amides is 2. The molecule has 0 aromatic carbocycles. The Morgan fingerprint density at radius 2 is 2.18 bits per heavy atom. The van der Waals surface area contributed by atoms with E-state index >= 15 is 0 Å². The third kappa shape index (κ3) is 3.33. The summed E-state index contributed by atoms with van der Waals surface area (Å²) < 4.78 is 4.48. The van der Waals surface area contributed by atoms with Gasteiger partial charge in [-0.15, -0.1) is 0 Å². The molecule has 4 N–H and O–H groups in total. The predicted octanol–water partition coefficient (Wildman–Crippen LogP) is 1.08. The maximum atomic E-state index is 11.3. The zero-order chi connectivity index (χ0) is 12.3. The molecule has 0 aliphatic heterocycles. The number of pyridine rings is 1.